The molecule has 0 aromatic heterocycles. The molecule has 1 atom stereocenters. The third kappa shape index (κ3) is 3.94. The molecule has 0 aromatic rings. The van der Waals surface area contributed by atoms with Gasteiger partial charge in [0.1, 0.15) is 0 Å². The molecule has 1 unspecified atom stereocenters. The minimum atomic E-state index is 0.595. The lowest BCUT2D eigenvalue weighted by molar-refractivity contribution is 0.0865. The number of likely N-dealkylation sites (N-methyl/N-ethyl adjacent to an activating group) is 1. The topological polar surface area (TPSA) is 32.5 Å². The fourth-order valence-corrected chi connectivity index (χ4v) is 3.39. The Morgan fingerprint density at radius 1 is 1.12 bits per heavy atom. The van der Waals surface area contributed by atoms with Crippen molar-refractivity contribution >= 4 is 0 Å². The van der Waals surface area contributed by atoms with E-state index >= 15 is 0 Å². The average Bonchev–Trinajstić information content (AvgIpc) is 2.38. The molecule has 100 valence electrons. The van der Waals surface area contributed by atoms with E-state index in [1.807, 2.05) is 0 Å². The van der Waals surface area contributed by atoms with Crippen molar-refractivity contribution < 1.29 is 0 Å². The lowest BCUT2D eigenvalue weighted by atomic mass is 9.87. The number of piperazine rings is 1. The highest BCUT2D eigenvalue weighted by Gasteiger charge is 2.24. The molecule has 0 spiro atoms. The summed E-state index contributed by atoms with van der Waals surface area (Å²) < 4.78 is 0. The van der Waals surface area contributed by atoms with E-state index in [1.165, 1.54) is 58.2 Å². The minimum Gasteiger partial charge on any atom is -0.329 e. The number of hydrogen-bond acceptors (Lipinski definition) is 3. The van der Waals surface area contributed by atoms with Crippen molar-refractivity contribution in [3.8, 4) is 0 Å². The maximum Gasteiger partial charge on any atom is 0.0346 e. The standard InChI is InChI=1S/C14H29N3/c1-16-9-10-17(14(11-15)12-16)8-7-13-5-3-2-4-6-13/h13-14H,2-12,15H2,1H3. The van der Waals surface area contributed by atoms with E-state index in [9.17, 15) is 0 Å². The normalized spacial score (nSPS) is 29.6. The van der Waals surface area contributed by atoms with Gasteiger partial charge in [-0.3, -0.25) is 4.90 Å². The molecule has 0 bridgehead atoms. The molecule has 2 rings (SSSR count). The van der Waals surface area contributed by atoms with Gasteiger partial charge in [-0.1, -0.05) is 32.1 Å². The van der Waals surface area contributed by atoms with E-state index in [0.29, 0.717) is 6.04 Å². The molecule has 1 aliphatic carbocycles. The summed E-state index contributed by atoms with van der Waals surface area (Å²) in [5.41, 5.74) is 5.90. The summed E-state index contributed by atoms with van der Waals surface area (Å²) in [4.78, 5) is 5.04. The minimum absolute atomic E-state index is 0.595. The molecular weight excluding hydrogens is 210 g/mol. The molecule has 2 N–H and O–H groups in total. The van der Waals surface area contributed by atoms with Crippen LogP contribution in [0.2, 0.25) is 0 Å². The van der Waals surface area contributed by atoms with Crippen LogP contribution in [-0.2, 0) is 0 Å². The van der Waals surface area contributed by atoms with Gasteiger partial charge in [-0.2, -0.15) is 0 Å². The lowest BCUT2D eigenvalue weighted by Crippen LogP contribution is -2.55. The van der Waals surface area contributed by atoms with Crippen LogP contribution in [0.4, 0.5) is 0 Å². The molecule has 17 heavy (non-hydrogen) atoms. The van der Waals surface area contributed by atoms with Crippen molar-refractivity contribution in [3.05, 3.63) is 0 Å². The van der Waals surface area contributed by atoms with Gasteiger partial charge in [-0.25, -0.2) is 0 Å². The zero-order chi connectivity index (χ0) is 12.1. The Balaban J connectivity index is 1.73. The van der Waals surface area contributed by atoms with E-state index < -0.39 is 0 Å². The first kappa shape index (κ1) is 13.3. The highest BCUT2D eigenvalue weighted by atomic mass is 15.3. The van der Waals surface area contributed by atoms with Gasteiger partial charge in [0.15, 0.2) is 0 Å². The van der Waals surface area contributed by atoms with E-state index in [1.54, 1.807) is 0 Å². The van der Waals surface area contributed by atoms with Crippen molar-refractivity contribution in [2.45, 2.75) is 44.6 Å². The van der Waals surface area contributed by atoms with Crippen LogP contribution < -0.4 is 5.73 Å². The molecule has 2 fully saturated rings. The van der Waals surface area contributed by atoms with Gasteiger partial charge >= 0.3 is 0 Å². The molecule has 0 aromatic carbocycles. The summed E-state index contributed by atoms with van der Waals surface area (Å²) in [6, 6.07) is 0.595. The molecule has 3 nitrogen and oxygen atoms in total. The third-order valence-corrected chi connectivity index (χ3v) is 4.63. The second kappa shape index (κ2) is 6.72. The smallest absolute Gasteiger partial charge is 0.0346 e. The molecule has 1 saturated heterocycles. The Bertz CT molecular complexity index is 214. The molecule has 1 heterocycles. The van der Waals surface area contributed by atoms with Crippen LogP contribution in [0.5, 0.6) is 0 Å². The Morgan fingerprint density at radius 2 is 1.88 bits per heavy atom. The average molecular weight is 239 g/mol. The van der Waals surface area contributed by atoms with E-state index in [-0.39, 0.29) is 0 Å². The molecular formula is C14H29N3. The van der Waals surface area contributed by atoms with Gasteiger partial charge in [0.25, 0.3) is 0 Å². The van der Waals surface area contributed by atoms with Gasteiger partial charge in [-0.05, 0) is 25.9 Å². The Morgan fingerprint density at radius 3 is 2.59 bits per heavy atom. The van der Waals surface area contributed by atoms with Gasteiger partial charge in [0, 0.05) is 32.2 Å². The number of hydrogen-bond donors (Lipinski definition) is 1. The quantitative estimate of drug-likeness (QED) is 0.807. The van der Waals surface area contributed by atoms with Crippen LogP contribution in [0, 0.1) is 5.92 Å². The maximum absolute atomic E-state index is 5.90. The molecule has 2 aliphatic rings. The van der Waals surface area contributed by atoms with Gasteiger partial charge < -0.3 is 10.6 Å². The predicted octanol–water partition coefficient (Wildman–Crippen LogP) is 1.53. The van der Waals surface area contributed by atoms with E-state index in [4.69, 9.17) is 5.73 Å². The fourth-order valence-electron chi connectivity index (χ4n) is 3.39. The van der Waals surface area contributed by atoms with Gasteiger partial charge in [0.05, 0.1) is 0 Å². The van der Waals surface area contributed by atoms with Crippen molar-refractivity contribution in [3.63, 3.8) is 0 Å². The van der Waals surface area contributed by atoms with E-state index in [0.717, 1.165) is 19.0 Å². The highest BCUT2D eigenvalue weighted by molar-refractivity contribution is 4.82. The summed E-state index contributed by atoms with van der Waals surface area (Å²) in [6.07, 6.45) is 8.75. The van der Waals surface area contributed by atoms with Crippen LogP contribution in [0.3, 0.4) is 0 Å². The lowest BCUT2D eigenvalue weighted by Gasteiger charge is -2.40. The molecule has 0 radical (unpaired) electrons. The van der Waals surface area contributed by atoms with Crippen molar-refractivity contribution in [2.75, 3.05) is 39.8 Å². The van der Waals surface area contributed by atoms with Gasteiger partial charge in [-0.15, -0.1) is 0 Å². The Labute approximate surface area is 106 Å². The van der Waals surface area contributed by atoms with Crippen LogP contribution in [0.25, 0.3) is 0 Å². The summed E-state index contributed by atoms with van der Waals surface area (Å²) in [7, 11) is 2.21. The summed E-state index contributed by atoms with van der Waals surface area (Å²) >= 11 is 0. The Kier molecular flexibility index (Phi) is 5.26. The maximum atomic E-state index is 5.90. The van der Waals surface area contributed by atoms with Crippen LogP contribution in [0.15, 0.2) is 0 Å². The zero-order valence-corrected chi connectivity index (χ0v) is 11.4. The summed E-state index contributed by atoms with van der Waals surface area (Å²) in [5, 5.41) is 0. The van der Waals surface area contributed by atoms with Crippen LogP contribution in [0.1, 0.15) is 38.5 Å². The molecule has 1 aliphatic heterocycles. The first-order chi connectivity index (χ1) is 8.29. The predicted molar refractivity (Wildman–Crippen MR) is 73.1 cm³/mol. The largest absolute Gasteiger partial charge is 0.329 e. The Hall–Kier alpha value is -0.120. The zero-order valence-electron chi connectivity index (χ0n) is 11.4. The molecule has 3 heteroatoms. The second-order valence-corrected chi connectivity index (χ2v) is 5.98. The first-order valence-electron chi connectivity index (χ1n) is 7.42. The molecule has 1 saturated carbocycles. The van der Waals surface area contributed by atoms with Crippen LogP contribution >= 0.6 is 0 Å². The number of nitrogens with zero attached hydrogens (tertiary/aromatic N) is 2. The van der Waals surface area contributed by atoms with Crippen molar-refractivity contribution in [2.24, 2.45) is 11.7 Å². The van der Waals surface area contributed by atoms with Crippen LogP contribution in [-0.4, -0.2) is 55.6 Å². The SMILES string of the molecule is CN1CCN(CCC2CCCCC2)C(CN)C1. The third-order valence-electron chi connectivity index (χ3n) is 4.63. The number of nitrogens with two attached hydrogens (primary N) is 1. The fraction of sp³-hybridized carbons (Fsp3) is 1.00. The van der Waals surface area contributed by atoms with Crippen molar-refractivity contribution in [1.29, 1.82) is 0 Å². The van der Waals surface area contributed by atoms with Gasteiger partial charge in [0.2, 0.25) is 0 Å². The highest BCUT2D eigenvalue weighted by Crippen LogP contribution is 2.26. The molecule has 0 amide bonds. The number of rotatable bonds is 4. The summed E-state index contributed by atoms with van der Waals surface area (Å²) in [6.45, 7) is 5.67. The summed E-state index contributed by atoms with van der Waals surface area (Å²) in [5.74, 6) is 1.00. The van der Waals surface area contributed by atoms with E-state index in [2.05, 4.69) is 16.8 Å². The first-order valence-corrected chi connectivity index (χ1v) is 7.42. The van der Waals surface area contributed by atoms with Crippen molar-refractivity contribution in [1.82, 2.24) is 9.80 Å². The second-order valence-electron chi connectivity index (χ2n) is 5.98. The monoisotopic (exact) mass is 239 g/mol.